The number of carbonyl (C=O) groups is 2. The third kappa shape index (κ3) is 4.59. The fourth-order valence-corrected chi connectivity index (χ4v) is 3.57. The molecule has 1 heterocycles. The molecule has 1 N–H and O–H groups in total. The predicted octanol–water partition coefficient (Wildman–Crippen LogP) is 1.51. The molecule has 1 saturated carbocycles. The minimum Gasteiger partial charge on any atom is -0.344 e. The van der Waals surface area contributed by atoms with Gasteiger partial charge in [-0.1, -0.05) is 12.8 Å². The molecule has 2 fully saturated rings. The van der Waals surface area contributed by atoms with E-state index in [9.17, 15) is 9.59 Å². The molecule has 2 aliphatic rings. The van der Waals surface area contributed by atoms with Crippen molar-refractivity contribution in [2.45, 2.75) is 38.5 Å². The van der Waals surface area contributed by atoms with E-state index in [4.69, 9.17) is 0 Å². The van der Waals surface area contributed by atoms with Crippen molar-refractivity contribution in [1.29, 1.82) is 0 Å². The van der Waals surface area contributed by atoms with Gasteiger partial charge in [0.2, 0.25) is 11.8 Å². The zero-order valence-electron chi connectivity index (χ0n) is 13.8. The third-order valence-corrected chi connectivity index (χ3v) is 4.89. The van der Waals surface area contributed by atoms with Gasteiger partial charge in [-0.15, -0.1) is 12.4 Å². The lowest BCUT2D eigenvalue weighted by molar-refractivity contribution is -0.146. The topological polar surface area (TPSA) is 52.7 Å². The number of nitrogens with one attached hydrogen (secondary N) is 1. The Kier molecular flexibility index (Phi) is 8.18. The minimum absolute atomic E-state index is 0. The number of hydrogen-bond acceptors (Lipinski definition) is 3. The van der Waals surface area contributed by atoms with Crippen LogP contribution in [0, 0.1) is 11.8 Å². The number of rotatable bonds is 5. The quantitative estimate of drug-likeness (QED) is 0.831. The van der Waals surface area contributed by atoms with Crippen LogP contribution in [-0.4, -0.2) is 61.9 Å². The second kappa shape index (κ2) is 9.36. The van der Waals surface area contributed by atoms with Crippen LogP contribution >= 0.6 is 12.4 Å². The maximum Gasteiger partial charge on any atom is 0.226 e. The molecule has 0 spiro atoms. The number of amides is 2. The van der Waals surface area contributed by atoms with Crippen LogP contribution in [0.25, 0.3) is 0 Å². The molecular formula is C16H30ClN3O2. The van der Waals surface area contributed by atoms with Gasteiger partial charge in [0.15, 0.2) is 0 Å². The van der Waals surface area contributed by atoms with Crippen LogP contribution in [0.5, 0.6) is 0 Å². The van der Waals surface area contributed by atoms with E-state index in [1.807, 2.05) is 19.0 Å². The van der Waals surface area contributed by atoms with E-state index in [-0.39, 0.29) is 36.1 Å². The van der Waals surface area contributed by atoms with Crippen molar-refractivity contribution in [3.63, 3.8) is 0 Å². The first-order valence-corrected chi connectivity index (χ1v) is 8.33. The molecule has 1 aliphatic heterocycles. The van der Waals surface area contributed by atoms with E-state index in [2.05, 4.69) is 5.32 Å². The second-order valence-electron chi connectivity index (χ2n) is 6.39. The highest BCUT2D eigenvalue weighted by Crippen LogP contribution is 2.33. The lowest BCUT2D eigenvalue weighted by Crippen LogP contribution is -2.46. The third-order valence-electron chi connectivity index (χ3n) is 4.89. The van der Waals surface area contributed by atoms with Crippen LogP contribution in [0.2, 0.25) is 0 Å². The normalized spacial score (nSPS) is 24.7. The summed E-state index contributed by atoms with van der Waals surface area (Å²) in [6.45, 7) is 3.26. The van der Waals surface area contributed by atoms with Crippen LogP contribution in [0.3, 0.4) is 0 Å². The molecule has 1 saturated heterocycles. The minimum atomic E-state index is -0.103. The molecule has 2 atom stereocenters. The van der Waals surface area contributed by atoms with Crippen molar-refractivity contribution in [2.24, 2.45) is 11.8 Å². The summed E-state index contributed by atoms with van der Waals surface area (Å²) in [6, 6.07) is 0. The van der Waals surface area contributed by atoms with E-state index in [0.29, 0.717) is 6.54 Å². The summed E-state index contributed by atoms with van der Waals surface area (Å²) in [5.41, 5.74) is 0. The summed E-state index contributed by atoms with van der Waals surface area (Å²) >= 11 is 0. The van der Waals surface area contributed by atoms with Gasteiger partial charge in [-0.25, -0.2) is 0 Å². The molecule has 0 aromatic heterocycles. The first-order valence-electron chi connectivity index (χ1n) is 8.33. The van der Waals surface area contributed by atoms with Crippen molar-refractivity contribution in [3.05, 3.63) is 0 Å². The Morgan fingerprint density at radius 2 is 1.68 bits per heavy atom. The largest absolute Gasteiger partial charge is 0.344 e. The van der Waals surface area contributed by atoms with Gasteiger partial charge in [0.1, 0.15) is 0 Å². The maximum atomic E-state index is 12.7. The molecule has 22 heavy (non-hydrogen) atoms. The van der Waals surface area contributed by atoms with E-state index in [0.717, 1.165) is 58.2 Å². The Bertz CT molecular complexity index is 372. The van der Waals surface area contributed by atoms with Gasteiger partial charge in [0, 0.05) is 45.1 Å². The number of likely N-dealkylation sites (tertiary alicyclic amines) is 1. The molecule has 6 heteroatoms. The van der Waals surface area contributed by atoms with Crippen molar-refractivity contribution in [1.82, 2.24) is 15.1 Å². The molecule has 0 radical (unpaired) electrons. The average Bonchev–Trinajstić information content (AvgIpc) is 3.05. The highest BCUT2D eigenvalue weighted by molar-refractivity contribution is 5.88. The van der Waals surface area contributed by atoms with E-state index in [1.165, 1.54) is 0 Å². The Morgan fingerprint density at radius 3 is 2.27 bits per heavy atom. The summed E-state index contributed by atoms with van der Waals surface area (Å²) in [6.07, 6.45) is 6.12. The van der Waals surface area contributed by atoms with Gasteiger partial charge in [-0.05, 0) is 32.7 Å². The highest BCUT2D eigenvalue weighted by atomic mass is 35.5. The standard InChI is InChI=1S/C16H29N3O2.ClH/c1-17-9-12-18(2)15(20)13-7-3-4-8-14(13)16(21)19-10-5-6-11-19;/h13-14,17H,3-12H2,1-2H3;1H. The van der Waals surface area contributed by atoms with Crippen LogP contribution in [0.1, 0.15) is 38.5 Å². The molecule has 5 nitrogen and oxygen atoms in total. The molecule has 0 aromatic rings. The maximum absolute atomic E-state index is 12.7. The molecule has 128 valence electrons. The summed E-state index contributed by atoms with van der Waals surface area (Å²) < 4.78 is 0. The van der Waals surface area contributed by atoms with Gasteiger partial charge in [-0.2, -0.15) is 0 Å². The van der Waals surface area contributed by atoms with Crippen molar-refractivity contribution in [3.8, 4) is 0 Å². The molecule has 2 amide bonds. The van der Waals surface area contributed by atoms with Gasteiger partial charge in [-0.3, -0.25) is 9.59 Å². The number of nitrogens with zero attached hydrogens (tertiary/aromatic N) is 2. The summed E-state index contributed by atoms with van der Waals surface area (Å²) in [7, 11) is 3.74. The Labute approximate surface area is 140 Å². The summed E-state index contributed by atoms with van der Waals surface area (Å²) in [5, 5.41) is 3.07. The van der Waals surface area contributed by atoms with Gasteiger partial charge < -0.3 is 15.1 Å². The van der Waals surface area contributed by atoms with Gasteiger partial charge >= 0.3 is 0 Å². The molecule has 2 unspecified atom stereocenters. The molecule has 1 aliphatic carbocycles. The molecule has 0 bridgehead atoms. The average molecular weight is 332 g/mol. The lowest BCUT2D eigenvalue weighted by Gasteiger charge is -2.34. The summed E-state index contributed by atoms with van der Waals surface area (Å²) in [5.74, 6) is 0.199. The first-order chi connectivity index (χ1) is 10.1. The number of halogens is 1. The van der Waals surface area contributed by atoms with Gasteiger partial charge in [0.05, 0.1) is 0 Å². The SMILES string of the molecule is CNCCN(C)C(=O)C1CCCCC1C(=O)N1CCCC1.Cl. The van der Waals surface area contributed by atoms with Crippen molar-refractivity contribution >= 4 is 24.2 Å². The predicted molar refractivity (Wildman–Crippen MR) is 90.1 cm³/mol. The number of carbonyl (C=O) groups excluding carboxylic acids is 2. The lowest BCUT2D eigenvalue weighted by atomic mass is 9.77. The number of likely N-dealkylation sites (N-methyl/N-ethyl adjacent to an activating group) is 2. The number of hydrogen-bond donors (Lipinski definition) is 1. The monoisotopic (exact) mass is 331 g/mol. The fraction of sp³-hybridized carbons (Fsp3) is 0.875. The highest BCUT2D eigenvalue weighted by Gasteiger charge is 2.39. The Morgan fingerprint density at radius 1 is 1.09 bits per heavy atom. The van der Waals surface area contributed by atoms with E-state index in [1.54, 1.807) is 4.90 Å². The van der Waals surface area contributed by atoms with Crippen molar-refractivity contribution < 1.29 is 9.59 Å². The van der Waals surface area contributed by atoms with Crippen LogP contribution in [0.4, 0.5) is 0 Å². The van der Waals surface area contributed by atoms with Crippen molar-refractivity contribution in [2.75, 3.05) is 40.3 Å². The Balaban J connectivity index is 0.00000242. The van der Waals surface area contributed by atoms with Gasteiger partial charge in [0.25, 0.3) is 0 Å². The van der Waals surface area contributed by atoms with E-state index >= 15 is 0 Å². The molecule has 2 rings (SSSR count). The van der Waals surface area contributed by atoms with Crippen LogP contribution in [-0.2, 0) is 9.59 Å². The van der Waals surface area contributed by atoms with Crippen LogP contribution < -0.4 is 5.32 Å². The van der Waals surface area contributed by atoms with E-state index < -0.39 is 0 Å². The smallest absolute Gasteiger partial charge is 0.226 e. The second-order valence-corrected chi connectivity index (χ2v) is 6.39. The summed E-state index contributed by atoms with van der Waals surface area (Å²) in [4.78, 5) is 29.1. The molecular weight excluding hydrogens is 302 g/mol. The zero-order valence-corrected chi connectivity index (χ0v) is 14.7. The van der Waals surface area contributed by atoms with Crippen LogP contribution in [0.15, 0.2) is 0 Å². The zero-order chi connectivity index (χ0) is 15.2. The first kappa shape index (κ1) is 19.2. The Hall–Kier alpha value is -0.810. The molecule has 0 aromatic carbocycles. The fourth-order valence-electron chi connectivity index (χ4n) is 3.57.